The standard InChI is InChI=1S/C27H31N3O4S/c1-21(27(31)28-20-22-10-12-23(13-11-22)29-18-6-7-19-29)30(35(2,32)33)24-14-16-26(17-15-24)34-25-8-4-3-5-9-25/h3-5,8-17,21H,6-7,18-20H2,1-2H3,(H,28,31)/t21-/m1/s1. The third kappa shape index (κ3) is 6.33. The number of benzene rings is 3. The van der Waals surface area contributed by atoms with Gasteiger partial charge in [0, 0.05) is 25.3 Å². The van der Waals surface area contributed by atoms with Crippen LogP contribution in [-0.4, -0.2) is 39.7 Å². The molecule has 184 valence electrons. The summed E-state index contributed by atoms with van der Waals surface area (Å²) in [6, 6.07) is 23.2. The summed E-state index contributed by atoms with van der Waals surface area (Å²) in [5.41, 5.74) is 2.54. The van der Waals surface area contributed by atoms with Crippen molar-refractivity contribution >= 4 is 27.3 Å². The average molecular weight is 494 g/mol. The van der Waals surface area contributed by atoms with Gasteiger partial charge < -0.3 is 15.0 Å². The summed E-state index contributed by atoms with van der Waals surface area (Å²) in [4.78, 5) is 15.3. The van der Waals surface area contributed by atoms with Crippen molar-refractivity contribution in [2.75, 3.05) is 28.6 Å². The van der Waals surface area contributed by atoms with Crippen LogP contribution in [0, 0.1) is 0 Å². The minimum Gasteiger partial charge on any atom is -0.457 e. The number of carbonyl (C=O) groups excluding carboxylic acids is 1. The molecule has 1 atom stereocenters. The Labute approximate surface area is 207 Å². The molecule has 0 saturated carbocycles. The number of sulfonamides is 1. The summed E-state index contributed by atoms with van der Waals surface area (Å²) in [7, 11) is -3.71. The lowest BCUT2D eigenvalue weighted by Gasteiger charge is -2.28. The molecule has 1 amide bonds. The van der Waals surface area contributed by atoms with Crippen LogP contribution in [0.2, 0.25) is 0 Å². The summed E-state index contributed by atoms with van der Waals surface area (Å²) >= 11 is 0. The van der Waals surface area contributed by atoms with E-state index in [1.54, 1.807) is 31.2 Å². The number of hydrogen-bond acceptors (Lipinski definition) is 5. The first kappa shape index (κ1) is 24.6. The van der Waals surface area contributed by atoms with Crippen LogP contribution in [0.25, 0.3) is 0 Å². The molecule has 1 saturated heterocycles. The zero-order valence-electron chi connectivity index (χ0n) is 20.1. The van der Waals surface area contributed by atoms with E-state index in [9.17, 15) is 13.2 Å². The Morgan fingerprint density at radius 3 is 2.14 bits per heavy atom. The SMILES string of the molecule is C[C@H](C(=O)NCc1ccc(N2CCCC2)cc1)N(c1ccc(Oc2ccccc2)cc1)S(C)(=O)=O. The molecule has 1 heterocycles. The van der Waals surface area contributed by atoms with Crippen molar-refractivity contribution in [3.05, 3.63) is 84.4 Å². The van der Waals surface area contributed by atoms with Crippen molar-refractivity contribution in [1.82, 2.24) is 5.32 Å². The van der Waals surface area contributed by atoms with Crippen LogP contribution >= 0.6 is 0 Å². The van der Waals surface area contributed by atoms with Crippen LogP contribution in [0.4, 0.5) is 11.4 Å². The van der Waals surface area contributed by atoms with Crippen molar-refractivity contribution in [2.45, 2.75) is 32.4 Å². The Morgan fingerprint density at radius 2 is 1.54 bits per heavy atom. The number of nitrogens with zero attached hydrogens (tertiary/aromatic N) is 2. The van der Waals surface area contributed by atoms with Gasteiger partial charge in [-0.25, -0.2) is 8.42 Å². The molecule has 1 aliphatic heterocycles. The summed E-state index contributed by atoms with van der Waals surface area (Å²) in [5, 5.41) is 2.87. The van der Waals surface area contributed by atoms with E-state index in [4.69, 9.17) is 4.74 Å². The Morgan fingerprint density at radius 1 is 0.943 bits per heavy atom. The lowest BCUT2D eigenvalue weighted by Crippen LogP contribution is -2.47. The maximum absolute atomic E-state index is 12.9. The number of ether oxygens (including phenoxy) is 1. The minimum absolute atomic E-state index is 0.324. The van der Waals surface area contributed by atoms with Crippen LogP contribution in [0.5, 0.6) is 11.5 Å². The van der Waals surface area contributed by atoms with Crippen molar-refractivity contribution < 1.29 is 17.9 Å². The van der Waals surface area contributed by atoms with Crippen LogP contribution in [-0.2, 0) is 21.4 Å². The maximum Gasteiger partial charge on any atom is 0.243 e. The quantitative estimate of drug-likeness (QED) is 0.473. The monoisotopic (exact) mass is 493 g/mol. The second-order valence-electron chi connectivity index (χ2n) is 8.72. The molecule has 0 aliphatic carbocycles. The average Bonchev–Trinajstić information content (AvgIpc) is 3.39. The highest BCUT2D eigenvalue weighted by molar-refractivity contribution is 7.92. The van der Waals surface area contributed by atoms with Gasteiger partial charge in [0.1, 0.15) is 17.5 Å². The van der Waals surface area contributed by atoms with E-state index in [1.807, 2.05) is 42.5 Å². The summed E-state index contributed by atoms with van der Waals surface area (Å²) < 4.78 is 32.1. The molecule has 0 unspecified atom stereocenters. The topological polar surface area (TPSA) is 79.0 Å². The third-order valence-electron chi connectivity index (χ3n) is 6.03. The third-order valence-corrected chi connectivity index (χ3v) is 7.27. The van der Waals surface area contributed by atoms with Gasteiger partial charge >= 0.3 is 0 Å². The normalized spacial score (nSPS) is 14.4. The van der Waals surface area contributed by atoms with E-state index < -0.39 is 16.1 Å². The van der Waals surface area contributed by atoms with E-state index in [-0.39, 0.29) is 5.91 Å². The largest absolute Gasteiger partial charge is 0.457 e. The van der Waals surface area contributed by atoms with E-state index in [1.165, 1.54) is 18.5 Å². The molecule has 4 rings (SSSR count). The van der Waals surface area contributed by atoms with Gasteiger partial charge in [0.25, 0.3) is 0 Å². The lowest BCUT2D eigenvalue weighted by molar-refractivity contribution is -0.122. The molecule has 1 N–H and O–H groups in total. The fraction of sp³-hybridized carbons (Fsp3) is 0.296. The van der Waals surface area contributed by atoms with E-state index in [2.05, 4.69) is 22.3 Å². The number of anilines is 2. The molecule has 1 aliphatic rings. The molecule has 0 radical (unpaired) electrons. The highest BCUT2D eigenvalue weighted by Gasteiger charge is 2.29. The lowest BCUT2D eigenvalue weighted by atomic mass is 10.2. The molecule has 35 heavy (non-hydrogen) atoms. The molecule has 3 aromatic carbocycles. The van der Waals surface area contributed by atoms with Crippen LogP contribution < -0.4 is 19.3 Å². The van der Waals surface area contributed by atoms with Gasteiger partial charge in [-0.2, -0.15) is 0 Å². The van der Waals surface area contributed by atoms with Gasteiger partial charge in [-0.3, -0.25) is 9.10 Å². The number of hydrogen-bond donors (Lipinski definition) is 1. The molecule has 1 fully saturated rings. The van der Waals surface area contributed by atoms with Crippen LogP contribution in [0.1, 0.15) is 25.3 Å². The van der Waals surface area contributed by atoms with Crippen molar-refractivity contribution in [3.63, 3.8) is 0 Å². The first-order valence-electron chi connectivity index (χ1n) is 11.8. The highest BCUT2D eigenvalue weighted by atomic mass is 32.2. The Kier molecular flexibility index (Phi) is 7.60. The summed E-state index contributed by atoms with van der Waals surface area (Å²) in [6.07, 6.45) is 3.53. The van der Waals surface area contributed by atoms with Gasteiger partial charge in [-0.15, -0.1) is 0 Å². The predicted molar refractivity (Wildman–Crippen MR) is 139 cm³/mol. The Balaban J connectivity index is 1.40. The number of nitrogens with one attached hydrogen (secondary N) is 1. The zero-order chi connectivity index (χ0) is 24.8. The Hall–Kier alpha value is -3.52. The fourth-order valence-electron chi connectivity index (χ4n) is 4.23. The molecular weight excluding hydrogens is 462 g/mol. The maximum atomic E-state index is 12.9. The second kappa shape index (κ2) is 10.8. The minimum atomic E-state index is -3.71. The van der Waals surface area contributed by atoms with Gasteiger partial charge in [0.15, 0.2) is 0 Å². The van der Waals surface area contributed by atoms with E-state index in [0.717, 1.165) is 29.2 Å². The first-order valence-corrected chi connectivity index (χ1v) is 13.6. The smallest absolute Gasteiger partial charge is 0.243 e. The second-order valence-corrected chi connectivity index (χ2v) is 10.6. The fourth-order valence-corrected chi connectivity index (χ4v) is 5.41. The molecule has 7 nitrogen and oxygen atoms in total. The van der Waals surface area contributed by atoms with Crippen molar-refractivity contribution in [1.29, 1.82) is 0 Å². The molecule has 3 aromatic rings. The van der Waals surface area contributed by atoms with Gasteiger partial charge in [0.2, 0.25) is 15.9 Å². The molecule has 8 heteroatoms. The van der Waals surface area contributed by atoms with Gasteiger partial charge in [-0.05, 0) is 73.9 Å². The van der Waals surface area contributed by atoms with Crippen molar-refractivity contribution in [2.24, 2.45) is 0 Å². The van der Waals surface area contributed by atoms with E-state index >= 15 is 0 Å². The van der Waals surface area contributed by atoms with Gasteiger partial charge in [-0.1, -0.05) is 30.3 Å². The van der Waals surface area contributed by atoms with E-state index in [0.29, 0.717) is 23.7 Å². The number of para-hydroxylation sites is 1. The van der Waals surface area contributed by atoms with Crippen LogP contribution in [0.3, 0.4) is 0 Å². The number of carbonyl (C=O) groups is 1. The number of rotatable bonds is 9. The zero-order valence-corrected chi connectivity index (χ0v) is 20.9. The molecule has 0 aromatic heterocycles. The highest BCUT2D eigenvalue weighted by Crippen LogP contribution is 2.27. The molecule has 0 bridgehead atoms. The predicted octanol–water partition coefficient (Wildman–Crippen LogP) is 4.55. The first-order chi connectivity index (χ1) is 16.8. The summed E-state index contributed by atoms with van der Waals surface area (Å²) in [5.74, 6) is 0.882. The van der Waals surface area contributed by atoms with Gasteiger partial charge in [0.05, 0.1) is 11.9 Å². The number of amides is 1. The molecular formula is C27H31N3O4S. The van der Waals surface area contributed by atoms with Crippen molar-refractivity contribution in [3.8, 4) is 11.5 Å². The summed E-state index contributed by atoms with van der Waals surface area (Å²) in [6.45, 7) is 4.06. The molecule has 0 spiro atoms. The Bertz CT molecular complexity index is 1220. The van der Waals surface area contributed by atoms with Crippen LogP contribution in [0.15, 0.2) is 78.9 Å².